The van der Waals surface area contributed by atoms with Crippen molar-refractivity contribution in [3.05, 3.63) is 17.6 Å². The van der Waals surface area contributed by atoms with Crippen molar-refractivity contribution in [3.63, 3.8) is 0 Å². The average molecular weight is 278 g/mol. The number of fused-ring (bicyclic) bond motifs is 1. The van der Waals surface area contributed by atoms with Gasteiger partial charge in [-0.25, -0.2) is 10.5 Å². The second-order valence-electron chi connectivity index (χ2n) is 4.40. The van der Waals surface area contributed by atoms with Crippen LogP contribution >= 0.6 is 0 Å². The molecule has 0 spiro atoms. The van der Waals surface area contributed by atoms with Gasteiger partial charge in [-0.1, -0.05) is 6.92 Å². The van der Waals surface area contributed by atoms with Gasteiger partial charge >= 0.3 is 0 Å². The molecule has 0 aliphatic rings. The zero-order valence-electron chi connectivity index (χ0n) is 11.6. The van der Waals surface area contributed by atoms with E-state index in [1.165, 1.54) is 0 Å². The summed E-state index contributed by atoms with van der Waals surface area (Å²) in [7, 11) is 1.78. The molecular formula is C12H18N6O2. The molecule has 108 valence electrons. The first-order chi connectivity index (χ1) is 9.69. The third-order valence-corrected chi connectivity index (χ3v) is 2.93. The van der Waals surface area contributed by atoms with Gasteiger partial charge in [0.15, 0.2) is 5.65 Å². The summed E-state index contributed by atoms with van der Waals surface area (Å²) in [5.74, 6) is 0.940. The van der Waals surface area contributed by atoms with Crippen LogP contribution in [0.15, 0.2) is 6.20 Å². The number of carbonyl (C=O) groups excluding carboxylic acids is 1. The molecule has 2 aromatic rings. The molecule has 2 rings (SSSR count). The van der Waals surface area contributed by atoms with Crippen LogP contribution in [-0.2, 0) is 17.6 Å². The lowest BCUT2D eigenvalue weighted by molar-refractivity contribution is -0.129. The standard InChI is InChI=1S/C12H18N6O2/c1-3-4-9-15-11-8(5-6-10(19)17-20)7-14-18(11)12(13-2)16-9/h7,20H,3-6H2,1-2H3,(H,17,19)(H,13,15,16). The quantitative estimate of drug-likeness (QED) is 0.526. The number of carbonyl (C=O) groups is 1. The molecule has 0 radical (unpaired) electrons. The number of nitrogens with zero attached hydrogens (tertiary/aromatic N) is 4. The molecule has 1 amide bonds. The number of hydrogen-bond donors (Lipinski definition) is 3. The predicted molar refractivity (Wildman–Crippen MR) is 72.6 cm³/mol. The highest BCUT2D eigenvalue weighted by Gasteiger charge is 2.13. The van der Waals surface area contributed by atoms with Crippen LogP contribution in [0.4, 0.5) is 5.95 Å². The first kappa shape index (κ1) is 14.2. The van der Waals surface area contributed by atoms with Gasteiger partial charge < -0.3 is 5.32 Å². The van der Waals surface area contributed by atoms with Gasteiger partial charge in [-0.3, -0.25) is 10.0 Å². The van der Waals surface area contributed by atoms with Crippen LogP contribution < -0.4 is 10.8 Å². The van der Waals surface area contributed by atoms with Gasteiger partial charge in [0.25, 0.3) is 0 Å². The first-order valence-corrected chi connectivity index (χ1v) is 6.53. The van der Waals surface area contributed by atoms with E-state index in [4.69, 9.17) is 5.21 Å². The fourth-order valence-electron chi connectivity index (χ4n) is 1.94. The Morgan fingerprint density at radius 2 is 2.20 bits per heavy atom. The molecule has 0 aromatic carbocycles. The molecule has 0 fully saturated rings. The summed E-state index contributed by atoms with van der Waals surface area (Å²) in [6, 6.07) is 0. The first-order valence-electron chi connectivity index (χ1n) is 6.53. The van der Waals surface area contributed by atoms with E-state index in [-0.39, 0.29) is 6.42 Å². The normalized spacial score (nSPS) is 10.8. The maximum absolute atomic E-state index is 11.1. The number of aromatic nitrogens is 4. The zero-order valence-corrected chi connectivity index (χ0v) is 11.6. The lowest BCUT2D eigenvalue weighted by Crippen LogP contribution is -2.18. The van der Waals surface area contributed by atoms with E-state index >= 15 is 0 Å². The lowest BCUT2D eigenvalue weighted by atomic mass is 10.2. The fourth-order valence-corrected chi connectivity index (χ4v) is 1.94. The molecule has 0 unspecified atom stereocenters. The van der Waals surface area contributed by atoms with Gasteiger partial charge in [0.2, 0.25) is 11.9 Å². The van der Waals surface area contributed by atoms with Gasteiger partial charge in [-0.15, -0.1) is 0 Å². The number of nitrogens with one attached hydrogen (secondary N) is 2. The van der Waals surface area contributed by atoms with Crippen molar-refractivity contribution < 1.29 is 10.0 Å². The summed E-state index contributed by atoms with van der Waals surface area (Å²) in [6.45, 7) is 2.06. The summed E-state index contributed by atoms with van der Waals surface area (Å²) in [5, 5.41) is 15.7. The van der Waals surface area contributed by atoms with E-state index in [2.05, 4.69) is 27.3 Å². The molecule has 0 atom stereocenters. The minimum atomic E-state index is -0.430. The summed E-state index contributed by atoms with van der Waals surface area (Å²) in [6.07, 6.45) is 4.05. The van der Waals surface area contributed by atoms with Crippen molar-refractivity contribution in [2.45, 2.75) is 32.6 Å². The van der Waals surface area contributed by atoms with E-state index in [0.29, 0.717) is 18.0 Å². The molecule has 0 saturated heterocycles. The highest BCUT2D eigenvalue weighted by Crippen LogP contribution is 2.15. The van der Waals surface area contributed by atoms with Crippen LogP contribution in [-0.4, -0.2) is 37.7 Å². The molecule has 0 bridgehead atoms. The topological polar surface area (TPSA) is 104 Å². The van der Waals surface area contributed by atoms with E-state index < -0.39 is 5.91 Å². The van der Waals surface area contributed by atoms with Crippen molar-refractivity contribution in [1.29, 1.82) is 0 Å². The molecule has 0 aliphatic carbocycles. The van der Waals surface area contributed by atoms with Crippen LogP contribution in [0.1, 0.15) is 31.2 Å². The fraction of sp³-hybridized carbons (Fsp3) is 0.500. The smallest absolute Gasteiger partial charge is 0.243 e. The van der Waals surface area contributed by atoms with Crippen LogP contribution in [0.25, 0.3) is 5.65 Å². The molecule has 3 N–H and O–H groups in total. The monoisotopic (exact) mass is 278 g/mol. The third kappa shape index (κ3) is 2.85. The molecule has 8 heteroatoms. The van der Waals surface area contributed by atoms with Gasteiger partial charge in [0, 0.05) is 25.5 Å². The minimum Gasteiger partial charge on any atom is -0.357 e. The Morgan fingerprint density at radius 1 is 1.40 bits per heavy atom. The molecule has 0 saturated carbocycles. The van der Waals surface area contributed by atoms with Crippen molar-refractivity contribution >= 4 is 17.5 Å². The van der Waals surface area contributed by atoms with E-state index in [9.17, 15) is 4.79 Å². The summed E-state index contributed by atoms with van der Waals surface area (Å²) in [5.41, 5.74) is 3.16. The number of hydroxylamine groups is 1. The maximum atomic E-state index is 11.1. The Hall–Kier alpha value is -2.22. The van der Waals surface area contributed by atoms with Crippen molar-refractivity contribution in [1.82, 2.24) is 25.1 Å². The Labute approximate surface area is 116 Å². The SMILES string of the molecule is CCCc1nc(NC)n2ncc(CCC(=O)NO)c2n1. The largest absolute Gasteiger partial charge is 0.357 e. The Kier molecular flexibility index (Phi) is 4.46. The second kappa shape index (κ2) is 6.29. The molecule has 2 heterocycles. The average Bonchev–Trinajstić information content (AvgIpc) is 2.87. The van der Waals surface area contributed by atoms with Crippen LogP contribution in [0, 0.1) is 0 Å². The number of amides is 1. The molecule has 2 aromatic heterocycles. The van der Waals surface area contributed by atoms with E-state index in [1.54, 1.807) is 23.2 Å². The van der Waals surface area contributed by atoms with Crippen LogP contribution in [0.3, 0.4) is 0 Å². The van der Waals surface area contributed by atoms with Crippen molar-refractivity contribution in [2.24, 2.45) is 0 Å². The summed E-state index contributed by atoms with van der Waals surface area (Å²) in [4.78, 5) is 20.0. The van der Waals surface area contributed by atoms with Crippen LogP contribution in [0.5, 0.6) is 0 Å². The number of hydrogen-bond acceptors (Lipinski definition) is 6. The molecular weight excluding hydrogens is 260 g/mol. The van der Waals surface area contributed by atoms with Gasteiger partial charge in [-0.05, 0) is 12.8 Å². The van der Waals surface area contributed by atoms with Crippen LogP contribution in [0.2, 0.25) is 0 Å². The Balaban J connectivity index is 2.36. The van der Waals surface area contributed by atoms with Gasteiger partial charge in [0.05, 0.1) is 6.20 Å². The minimum absolute atomic E-state index is 0.180. The van der Waals surface area contributed by atoms with Gasteiger partial charge in [0.1, 0.15) is 5.82 Å². The van der Waals surface area contributed by atoms with Gasteiger partial charge in [-0.2, -0.15) is 14.6 Å². The van der Waals surface area contributed by atoms with E-state index in [1.807, 2.05) is 0 Å². The lowest BCUT2D eigenvalue weighted by Gasteiger charge is -2.06. The summed E-state index contributed by atoms with van der Waals surface area (Å²) >= 11 is 0. The second-order valence-corrected chi connectivity index (χ2v) is 4.40. The predicted octanol–water partition coefficient (Wildman–Crippen LogP) is 0.556. The highest BCUT2D eigenvalue weighted by molar-refractivity contribution is 5.75. The Bertz CT molecular complexity index is 609. The summed E-state index contributed by atoms with van der Waals surface area (Å²) < 4.78 is 1.62. The van der Waals surface area contributed by atoms with Crippen molar-refractivity contribution in [3.8, 4) is 0 Å². The zero-order chi connectivity index (χ0) is 14.5. The highest BCUT2D eigenvalue weighted by atomic mass is 16.5. The number of rotatable bonds is 6. The van der Waals surface area contributed by atoms with Crippen molar-refractivity contribution in [2.75, 3.05) is 12.4 Å². The maximum Gasteiger partial charge on any atom is 0.243 e. The Morgan fingerprint density at radius 3 is 2.85 bits per heavy atom. The molecule has 8 nitrogen and oxygen atoms in total. The number of anilines is 1. The third-order valence-electron chi connectivity index (χ3n) is 2.93. The molecule has 0 aliphatic heterocycles. The van der Waals surface area contributed by atoms with E-state index in [0.717, 1.165) is 24.2 Å². The molecule has 20 heavy (non-hydrogen) atoms. The number of aryl methyl sites for hydroxylation is 2.